The minimum Gasteiger partial charge on any atom is -0.482 e. The van der Waals surface area contributed by atoms with Gasteiger partial charge in [-0.2, -0.15) is 5.10 Å². The van der Waals surface area contributed by atoms with E-state index in [1.54, 1.807) is 49.4 Å². The van der Waals surface area contributed by atoms with E-state index in [0.717, 1.165) is 5.56 Å². The molecule has 158 valence electrons. The Morgan fingerprint density at radius 3 is 2.67 bits per heavy atom. The topological polar surface area (TPSA) is 106 Å². The number of anilines is 1. The lowest BCUT2D eigenvalue weighted by molar-refractivity contribution is -0.145. The molecule has 30 heavy (non-hydrogen) atoms. The quantitative estimate of drug-likeness (QED) is 0.274. The highest BCUT2D eigenvalue weighted by Gasteiger charge is 2.10. The summed E-state index contributed by atoms with van der Waals surface area (Å²) in [5.74, 6) is -1.07. The van der Waals surface area contributed by atoms with E-state index in [1.165, 1.54) is 6.21 Å². The van der Waals surface area contributed by atoms with Gasteiger partial charge in [0.1, 0.15) is 12.2 Å². The van der Waals surface area contributed by atoms with Crippen LogP contribution in [0.3, 0.4) is 0 Å². The Balaban J connectivity index is 1.80. The average molecular weight is 432 g/mol. The first-order valence-electron chi connectivity index (χ1n) is 9.13. The molecule has 2 amide bonds. The number of carbonyl (C=O) groups is 3. The fourth-order valence-electron chi connectivity index (χ4n) is 2.27. The second kappa shape index (κ2) is 11.6. The molecule has 0 fully saturated rings. The van der Waals surface area contributed by atoms with Gasteiger partial charge in [-0.05, 0) is 49.2 Å². The van der Waals surface area contributed by atoms with Crippen LogP contribution in [0, 0.1) is 6.92 Å². The number of ether oxygens (including phenoxy) is 2. The van der Waals surface area contributed by atoms with Crippen LogP contribution in [-0.4, -0.2) is 37.2 Å². The molecule has 0 saturated heterocycles. The first-order chi connectivity index (χ1) is 14.4. The van der Waals surface area contributed by atoms with E-state index in [1.807, 2.05) is 6.92 Å². The highest BCUT2D eigenvalue weighted by molar-refractivity contribution is 6.31. The van der Waals surface area contributed by atoms with Gasteiger partial charge in [0.05, 0.1) is 12.8 Å². The number of hydrogen-bond acceptors (Lipinski definition) is 6. The standard InChI is InChI=1S/C21H22ClN3O5/c1-3-29-21(28)13-30-17-6-4-5-15(9-17)12-23-25-20(27)11-19(26)24-16-8-7-14(2)18(22)10-16/h4-10,12H,3,11,13H2,1-2H3,(H,24,26)(H,25,27). The van der Waals surface area contributed by atoms with E-state index in [0.29, 0.717) is 22.0 Å². The zero-order valence-electron chi connectivity index (χ0n) is 16.6. The van der Waals surface area contributed by atoms with Gasteiger partial charge in [-0.3, -0.25) is 9.59 Å². The summed E-state index contributed by atoms with van der Waals surface area (Å²) in [6.45, 7) is 3.64. The molecule has 9 heteroatoms. The minimum absolute atomic E-state index is 0.202. The number of halogens is 1. The number of aryl methyl sites for hydroxylation is 1. The molecule has 2 rings (SSSR count). The summed E-state index contributed by atoms with van der Waals surface area (Å²) in [5, 5.41) is 6.94. The van der Waals surface area contributed by atoms with Gasteiger partial charge in [0, 0.05) is 10.7 Å². The van der Waals surface area contributed by atoms with Crippen LogP contribution in [-0.2, 0) is 19.1 Å². The number of benzene rings is 2. The predicted molar refractivity (Wildman–Crippen MR) is 114 cm³/mol. The summed E-state index contributed by atoms with van der Waals surface area (Å²) in [4.78, 5) is 35.1. The first-order valence-corrected chi connectivity index (χ1v) is 9.51. The molecule has 0 spiro atoms. The molecule has 2 aromatic carbocycles. The van der Waals surface area contributed by atoms with Gasteiger partial charge >= 0.3 is 5.97 Å². The van der Waals surface area contributed by atoms with Gasteiger partial charge in [-0.15, -0.1) is 0 Å². The van der Waals surface area contributed by atoms with Crippen molar-refractivity contribution >= 4 is 41.3 Å². The Hall–Kier alpha value is -3.39. The maximum absolute atomic E-state index is 11.9. The summed E-state index contributed by atoms with van der Waals surface area (Å²) < 4.78 is 10.1. The molecular weight excluding hydrogens is 410 g/mol. The molecule has 0 saturated carbocycles. The van der Waals surface area contributed by atoms with E-state index in [2.05, 4.69) is 15.8 Å². The Morgan fingerprint density at radius 1 is 1.13 bits per heavy atom. The zero-order valence-corrected chi connectivity index (χ0v) is 17.4. The van der Waals surface area contributed by atoms with Gasteiger partial charge in [0.15, 0.2) is 6.61 Å². The highest BCUT2D eigenvalue weighted by Crippen LogP contribution is 2.20. The minimum atomic E-state index is -0.573. The third-order valence-corrected chi connectivity index (χ3v) is 4.11. The summed E-state index contributed by atoms with van der Waals surface area (Å²) in [6, 6.07) is 11.9. The monoisotopic (exact) mass is 431 g/mol. The molecule has 0 aliphatic heterocycles. The number of hydrogen-bond donors (Lipinski definition) is 2. The summed E-state index contributed by atoms with van der Waals surface area (Å²) in [7, 11) is 0. The van der Waals surface area contributed by atoms with Crippen LogP contribution in [0.5, 0.6) is 5.75 Å². The number of rotatable bonds is 9. The van der Waals surface area contributed by atoms with Crippen molar-refractivity contribution in [1.82, 2.24) is 5.43 Å². The fourth-order valence-corrected chi connectivity index (χ4v) is 2.45. The predicted octanol–water partition coefficient (Wildman–Crippen LogP) is 3.07. The van der Waals surface area contributed by atoms with E-state index in [4.69, 9.17) is 21.1 Å². The Kier molecular flexibility index (Phi) is 8.83. The smallest absolute Gasteiger partial charge is 0.344 e. The molecular formula is C21H22ClN3O5. The van der Waals surface area contributed by atoms with Gasteiger partial charge < -0.3 is 14.8 Å². The van der Waals surface area contributed by atoms with Crippen molar-refractivity contribution in [3.8, 4) is 5.75 Å². The van der Waals surface area contributed by atoms with Crippen molar-refractivity contribution in [3.05, 3.63) is 58.6 Å². The van der Waals surface area contributed by atoms with Crippen molar-refractivity contribution in [2.75, 3.05) is 18.5 Å². The number of nitrogens with zero attached hydrogens (tertiary/aromatic N) is 1. The van der Waals surface area contributed by atoms with Gasteiger partial charge in [0.2, 0.25) is 11.8 Å². The summed E-state index contributed by atoms with van der Waals surface area (Å²) >= 11 is 6.01. The van der Waals surface area contributed by atoms with E-state index < -0.39 is 24.2 Å². The number of hydrazone groups is 1. The molecule has 2 aromatic rings. The van der Waals surface area contributed by atoms with Crippen LogP contribution in [0.1, 0.15) is 24.5 Å². The second-order valence-electron chi connectivity index (χ2n) is 6.15. The molecule has 0 aliphatic rings. The van der Waals surface area contributed by atoms with Gasteiger partial charge in [-0.25, -0.2) is 10.2 Å². The lowest BCUT2D eigenvalue weighted by atomic mass is 10.2. The number of carbonyl (C=O) groups excluding carboxylic acids is 3. The molecule has 0 aromatic heterocycles. The maximum atomic E-state index is 11.9. The lowest BCUT2D eigenvalue weighted by Crippen LogP contribution is -2.24. The first kappa shape index (κ1) is 22.9. The SMILES string of the molecule is CCOC(=O)COc1cccc(C=NNC(=O)CC(=O)Nc2ccc(C)c(Cl)c2)c1. The van der Waals surface area contributed by atoms with E-state index >= 15 is 0 Å². The van der Waals surface area contributed by atoms with Crippen LogP contribution >= 0.6 is 11.6 Å². The molecule has 8 nitrogen and oxygen atoms in total. The Bertz CT molecular complexity index is 946. The zero-order chi connectivity index (χ0) is 21.9. The van der Waals surface area contributed by atoms with E-state index in [-0.39, 0.29) is 13.2 Å². The molecule has 0 aliphatic carbocycles. The van der Waals surface area contributed by atoms with Crippen molar-refractivity contribution in [1.29, 1.82) is 0 Å². The molecule has 2 N–H and O–H groups in total. The molecule has 0 radical (unpaired) electrons. The number of nitrogens with one attached hydrogen (secondary N) is 2. The maximum Gasteiger partial charge on any atom is 0.344 e. The van der Waals surface area contributed by atoms with Crippen LogP contribution in [0.15, 0.2) is 47.6 Å². The van der Waals surface area contributed by atoms with Gasteiger partial charge in [-0.1, -0.05) is 29.8 Å². The van der Waals surface area contributed by atoms with Crippen LogP contribution in [0.25, 0.3) is 0 Å². The average Bonchev–Trinajstić information content (AvgIpc) is 2.70. The molecule has 0 unspecified atom stereocenters. The normalized spacial score (nSPS) is 10.5. The van der Waals surface area contributed by atoms with Crippen LogP contribution in [0.4, 0.5) is 5.69 Å². The van der Waals surface area contributed by atoms with Crippen molar-refractivity contribution in [2.45, 2.75) is 20.3 Å². The molecule has 0 bridgehead atoms. The van der Waals surface area contributed by atoms with Crippen LogP contribution < -0.4 is 15.5 Å². The highest BCUT2D eigenvalue weighted by atomic mass is 35.5. The van der Waals surface area contributed by atoms with Crippen molar-refractivity contribution in [2.24, 2.45) is 5.10 Å². The van der Waals surface area contributed by atoms with E-state index in [9.17, 15) is 14.4 Å². The molecule has 0 heterocycles. The summed E-state index contributed by atoms with van der Waals surface area (Å²) in [6.07, 6.45) is 0.998. The van der Waals surface area contributed by atoms with Crippen molar-refractivity contribution < 1.29 is 23.9 Å². The fraction of sp³-hybridized carbons (Fsp3) is 0.238. The van der Waals surface area contributed by atoms with Crippen molar-refractivity contribution in [3.63, 3.8) is 0 Å². The second-order valence-corrected chi connectivity index (χ2v) is 6.56. The lowest BCUT2D eigenvalue weighted by Gasteiger charge is -2.07. The third kappa shape index (κ3) is 7.92. The Morgan fingerprint density at radius 2 is 1.93 bits per heavy atom. The summed E-state index contributed by atoms with van der Waals surface area (Å²) in [5.41, 5.74) is 4.31. The number of esters is 1. The Labute approximate surface area is 179 Å². The molecule has 0 atom stereocenters. The van der Waals surface area contributed by atoms with Crippen LogP contribution in [0.2, 0.25) is 5.02 Å². The van der Waals surface area contributed by atoms with Gasteiger partial charge in [0.25, 0.3) is 0 Å². The number of amides is 2. The third-order valence-electron chi connectivity index (χ3n) is 3.70. The largest absolute Gasteiger partial charge is 0.482 e.